The molecule has 5 nitrogen and oxygen atoms in total. The van der Waals surface area contributed by atoms with Crippen molar-refractivity contribution in [1.29, 1.82) is 0 Å². The first kappa shape index (κ1) is 17.3. The number of fused-ring (bicyclic) bond motifs is 1. The Morgan fingerprint density at radius 1 is 1.12 bits per heavy atom. The zero-order chi connectivity index (χ0) is 17.8. The zero-order valence-electron chi connectivity index (χ0n) is 14.6. The maximum Gasteiger partial charge on any atom is 0.261 e. The van der Waals surface area contributed by atoms with Crippen molar-refractivity contribution < 1.29 is 5.11 Å². The summed E-state index contributed by atoms with van der Waals surface area (Å²) in [7, 11) is 1.96. The molecule has 0 fully saturated rings. The van der Waals surface area contributed by atoms with E-state index in [1.54, 1.807) is 17.6 Å². The van der Waals surface area contributed by atoms with Crippen molar-refractivity contribution in [3.63, 3.8) is 0 Å². The van der Waals surface area contributed by atoms with E-state index >= 15 is 0 Å². The van der Waals surface area contributed by atoms with Gasteiger partial charge in [-0.2, -0.15) is 0 Å². The van der Waals surface area contributed by atoms with Crippen LogP contribution in [-0.4, -0.2) is 39.3 Å². The summed E-state index contributed by atoms with van der Waals surface area (Å²) in [5, 5.41) is 11.0. The topological polar surface area (TPSA) is 58.4 Å². The van der Waals surface area contributed by atoms with Crippen molar-refractivity contribution >= 4 is 10.9 Å². The Morgan fingerprint density at radius 2 is 1.80 bits per heavy atom. The fraction of sp³-hybridized carbons (Fsp3) is 0.300. The van der Waals surface area contributed by atoms with Gasteiger partial charge in [0, 0.05) is 13.1 Å². The second-order valence-corrected chi connectivity index (χ2v) is 6.43. The molecule has 0 aliphatic heterocycles. The molecular weight excluding hydrogens is 314 g/mol. The van der Waals surface area contributed by atoms with Crippen LogP contribution in [0.25, 0.3) is 10.9 Å². The first-order valence-electron chi connectivity index (χ1n) is 8.41. The number of likely N-dealkylation sites (N-methyl/N-ethyl adjacent to an activating group) is 1. The summed E-state index contributed by atoms with van der Waals surface area (Å²) in [6.07, 6.45) is -0.645. The molecule has 0 bridgehead atoms. The number of aryl methyl sites for hydroxylation is 1. The van der Waals surface area contributed by atoms with E-state index < -0.39 is 6.10 Å². The van der Waals surface area contributed by atoms with E-state index in [9.17, 15) is 9.90 Å². The second-order valence-electron chi connectivity index (χ2n) is 6.43. The van der Waals surface area contributed by atoms with Crippen molar-refractivity contribution in [3.05, 3.63) is 76.3 Å². The quantitative estimate of drug-likeness (QED) is 0.749. The van der Waals surface area contributed by atoms with Crippen LogP contribution >= 0.6 is 0 Å². The van der Waals surface area contributed by atoms with E-state index in [2.05, 4.69) is 22.0 Å². The van der Waals surface area contributed by atoms with Gasteiger partial charge in [0.15, 0.2) is 0 Å². The van der Waals surface area contributed by atoms with Gasteiger partial charge in [0.2, 0.25) is 0 Å². The van der Waals surface area contributed by atoms with Crippen molar-refractivity contribution in [3.8, 4) is 0 Å². The van der Waals surface area contributed by atoms with Crippen LogP contribution in [0.15, 0.2) is 59.4 Å². The summed E-state index contributed by atoms with van der Waals surface area (Å²) in [4.78, 5) is 19.2. The molecule has 0 amide bonds. The molecule has 1 aromatic heterocycles. The SMILES string of the molecule is Cc1nc2ccccc2c(=O)n1CC(O)CN(C)Cc1ccccc1. The van der Waals surface area contributed by atoms with Crippen LogP contribution in [-0.2, 0) is 13.1 Å². The van der Waals surface area contributed by atoms with E-state index in [0.717, 1.165) is 6.54 Å². The molecule has 0 radical (unpaired) electrons. The van der Waals surface area contributed by atoms with Crippen molar-refractivity contribution in [2.45, 2.75) is 26.1 Å². The van der Waals surface area contributed by atoms with Gasteiger partial charge in [0.1, 0.15) is 5.82 Å². The van der Waals surface area contributed by atoms with Crippen molar-refractivity contribution in [1.82, 2.24) is 14.5 Å². The van der Waals surface area contributed by atoms with Gasteiger partial charge in [0.05, 0.1) is 23.6 Å². The van der Waals surface area contributed by atoms with Gasteiger partial charge >= 0.3 is 0 Å². The van der Waals surface area contributed by atoms with Gasteiger partial charge in [-0.25, -0.2) is 4.98 Å². The molecule has 1 atom stereocenters. The third-order valence-corrected chi connectivity index (χ3v) is 4.26. The van der Waals surface area contributed by atoms with Gasteiger partial charge < -0.3 is 5.11 Å². The van der Waals surface area contributed by atoms with Gasteiger partial charge in [-0.3, -0.25) is 14.3 Å². The highest BCUT2D eigenvalue weighted by molar-refractivity contribution is 5.77. The summed E-state index contributed by atoms with van der Waals surface area (Å²) in [6.45, 7) is 3.27. The summed E-state index contributed by atoms with van der Waals surface area (Å²) in [6, 6.07) is 17.4. The number of aromatic nitrogens is 2. The van der Waals surface area contributed by atoms with Crippen LogP contribution in [0.4, 0.5) is 0 Å². The number of aliphatic hydroxyl groups is 1. The number of nitrogens with zero attached hydrogens (tertiary/aromatic N) is 3. The van der Waals surface area contributed by atoms with Crippen LogP contribution in [0.2, 0.25) is 0 Å². The van der Waals surface area contributed by atoms with E-state index in [4.69, 9.17) is 0 Å². The Bertz CT molecular complexity index is 906. The molecule has 0 saturated carbocycles. The standard InChI is InChI=1S/C20H23N3O2/c1-15-21-19-11-7-6-10-18(19)20(25)23(15)14-17(24)13-22(2)12-16-8-4-3-5-9-16/h3-11,17,24H,12-14H2,1-2H3. The molecule has 3 aromatic rings. The van der Waals surface area contributed by atoms with Crippen LogP contribution in [0.1, 0.15) is 11.4 Å². The van der Waals surface area contributed by atoms with Crippen LogP contribution in [0.5, 0.6) is 0 Å². The van der Waals surface area contributed by atoms with Gasteiger partial charge in [-0.1, -0.05) is 42.5 Å². The molecule has 5 heteroatoms. The van der Waals surface area contributed by atoms with E-state index in [1.165, 1.54) is 5.56 Å². The van der Waals surface area contributed by atoms with Crippen LogP contribution < -0.4 is 5.56 Å². The molecule has 3 rings (SSSR count). The van der Waals surface area contributed by atoms with E-state index in [1.807, 2.05) is 43.4 Å². The number of rotatable bonds is 6. The largest absolute Gasteiger partial charge is 0.390 e. The highest BCUT2D eigenvalue weighted by Crippen LogP contribution is 2.09. The Hall–Kier alpha value is -2.50. The third kappa shape index (κ3) is 4.13. The maximum absolute atomic E-state index is 12.7. The Labute approximate surface area is 147 Å². The molecule has 2 aromatic carbocycles. The fourth-order valence-corrected chi connectivity index (χ4v) is 3.08. The third-order valence-electron chi connectivity index (χ3n) is 4.26. The summed E-state index contributed by atoms with van der Waals surface area (Å²) < 4.78 is 1.56. The monoisotopic (exact) mass is 337 g/mol. The number of hydrogen-bond acceptors (Lipinski definition) is 4. The van der Waals surface area contributed by atoms with Gasteiger partial charge in [0.25, 0.3) is 5.56 Å². The molecule has 0 aliphatic carbocycles. The Morgan fingerprint density at radius 3 is 2.56 bits per heavy atom. The minimum atomic E-state index is -0.645. The number of benzene rings is 2. The van der Waals surface area contributed by atoms with Crippen LogP contribution in [0.3, 0.4) is 0 Å². The summed E-state index contributed by atoms with van der Waals surface area (Å²) in [5.74, 6) is 0.619. The van der Waals surface area contributed by atoms with Crippen molar-refractivity contribution in [2.24, 2.45) is 0 Å². The average molecular weight is 337 g/mol. The molecule has 1 N–H and O–H groups in total. The molecular formula is C20H23N3O2. The maximum atomic E-state index is 12.7. The first-order valence-corrected chi connectivity index (χ1v) is 8.41. The minimum Gasteiger partial charge on any atom is -0.390 e. The highest BCUT2D eigenvalue weighted by Gasteiger charge is 2.14. The molecule has 1 heterocycles. The lowest BCUT2D eigenvalue weighted by Gasteiger charge is -2.22. The van der Waals surface area contributed by atoms with Crippen LogP contribution in [0, 0.1) is 6.92 Å². The van der Waals surface area contributed by atoms with Gasteiger partial charge in [-0.15, -0.1) is 0 Å². The average Bonchev–Trinajstić information content (AvgIpc) is 2.59. The lowest BCUT2D eigenvalue weighted by molar-refractivity contribution is 0.105. The van der Waals surface area contributed by atoms with Gasteiger partial charge in [-0.05, 0) is 31.7 Å². The minimum absolute atomic E-state index is 0.104. The molecule has 0 aliphatic rings. The number of hydrogen-bond donors (Lipinski definition) is 1. The lowest BCUT2D eigenvalue weighted by Crippen LogP contribution is -2.36. The first-order chi connectivity index (χ1) is 12.0. The highest BCUT2D eigenvalue weighted by atomic mass is 16.3. The molecule has 0 saturated heterocycles. The normalized spacial score (nSPS) is 12.6. The molecule has 130 valence electrons. The fourth-order valence-electron chi connectivity index (χ4n) is 3.08. The number of para-hydroxylation sites is 1. The van der Waals surface area contributed by atoms with E-state index in [-0.39, 0.29) is 12.1 Å². The predicted molar refractivity (Wildman–Crippen MR) is 99.5 cm³/mol. The predicted octanol–water partition coefficient (Wildman–Crippen LogP) is 2.20. The Balaban J connectivity index is 1.71. The molecule has 1 unspecified atom stereocenters. The molecule has 0 spiro atoms. The zero-order valence-corrected chi connectivity index (χ0v) is 14.6. The summed E-state index contributed by atoms with van der Waals surface area (Å²) >= 11 is 0. The smallest absolute Gasteiger partial charge is 0.261 e. The van der Waals surface area contributed by atoms with Crippen molar-refractivity contribution in [2.75, 3.05) is 13.6 Å². The lowest BCUT2D eigenvalue weighted by atomic mass is 10.2. The Kier molecular flexibility index (Phi) is 5.26. The summed E-state index contributed by atoms with van der Waals surface area (Å²) in [5.41, 5.74) is 1.78. The second kappa shape index (κ2) is 7.59. The van der Waals surface area contributed by atoms with E-state index in [0.29, 0.717) is 23.3 Å². The molecule has 25 heavy (non-hydrogen) atoms. The number of aliphatic hydroxyl groups excluding tert-OH is 1.